The van der Waals surface area contributed by atoms with Crippen LogP contribution in [0.1, 0.15) is 65.2 Å². The maximum absolute atomic E-state index is 14.2. The summed E-state index contributed by atoms with van der Waals surface area (Å²) in [7, 11) is -190. The largest absolute Gasteiger partial charge is 0.457 e. The van der Waals surface area contributed by atoms with E-state index in [1.165, 1.54) is 13.1 Å². The van der Waals surface area contributed by atoms with E-state index in [0.29, 0.717) is 19.3 Å². The Balaban J connectivity index is 6.41. The predicted molar refractivity (Wildman–Crippen MR) is 392 cm³/mol. The normalized spacial score (nSPS) is 11.5. The smallest absolute Gasteiger partial charge is 0.381 e. The van der Waals surface area contributed by atoms with Gasteiger partial charge in [-0.3, -0.25) is 0 Å². The van der Waals surface area contributed by atoms with Crippen molar-refractivity contribution in [2.75, 3.05) is 0 Å². The van der Waals surface area contributed by atoms with Crippen molar-refractivity contribution in [2.45, 2.75) is 122 Å². The van der Waals surface area contributed by atoms with Gasteiger partial charge in [0.25, 0.3) is 8.68 Å². The van der Waals surface area contributed by atoms with Crippen LogP contribution in [0.3, 0.4) is 0 Å². The molecule has 42 nitrogen and oxygen atoms in total. The highest BCUT2D eigenvalue weighted by molar-refractivity contribution is 7.85. The second-order valence-corrected chi connectivity index (χ2v) is 243. The average molecular weight is 2210 g/mol. The Kier molecular flexibility index (Phi) is 50.6. The minimum atomic E-state index is -4.76. The SMILES string of the molecule is CCCCCCCCCC[Si](C)(O[SiH2][Si](=O)[Si](=O)[Si](=O)[Si](=O)[Si](=O)[Si](=O)[Si](=O)[Si](=O)[Si](=O)[Si](=O)[Si](=O)[Si](=O)[Si](=O)[Si](=O)[Si](=O)[Si](=O)[Si](=O)[Si](=O)[Si](=O)[Si](=O)[Si](=O)[Si](=O)[Si](C)(C)C[Si](=O)CC)[Si](=O)[Si](=O)[Si](=O)[Si](=O)[Si](=O)[Si](=O)[Si](=O)[Si](=O)[Si](=O)[Si](=O)[Si](=O)[Si](=O)[Si](=O)[Si](=O)[Si](=O)[Si](=O)[Si](=O)[SiH2]O[Si](C)(C)C. The van der Waals surface area contributed by atoms with Gasteiger partial charge < -0.3 is 187 Å². The van der Waals surface area contributed by atoms with Gasteiger partial charge >= 0.3 is 301 Å². The lowest BCUT2D eigenvalue weighted by Gasteiger charge is -2.24. The molecule has 0 N–H and O–H groups in total. The Bertz CT molecular complexity index is 4400. The summed E-state index contributed by atoms with van der Waals surface area (Å²) < 4.78 is 533. The van der Waals surface area contributed by atoms with Gasteiger partial charge in [-0.15, -0.1) is 0 Å². The van der Waals surface area contributed by atoms with Gasteiger partial charge in [-0.2, -0.15) is 0 Å². The van der Waals surface area contributed by atoms with Crippen molar-refractivity contribution >= 4 is 352 Å². The lowest BCUT2D eigenvalue weighted by Crippen LogP contribution is -2.60. The quantitative estimate of drug-likeness (QED) is 0.0403. The first-order valence-corrected chi connectivity index (χ1v) is 140. The van der Waals surface area contributed by atoms with Gasteiger partial charge in [-0.1, -0.05) is 78.3 Å². The fourth-order valence-corrected chi connectivity index (χ4v) is 518. The van der Waals surface area contributed by atoms with Gasteiger partial charge in [-0.05, 0) is 43.9 Å². The highest BCUT2D eigenvalue weighted by Crippen LogP contribution is 2.19. The first kappa shape index (κ1) is 108. The Labute approximate surface area is 653 Å². The summed E-state index contributed by atoms with van der Waals surface area (Å²) in [4.78, 5) is 0. The number of hydrogen-bond acceptors (Lipinski definition) is 42. The highest BCUT2D eigenvalue weighted by atomic mass is 30.1. The monoisotopic (exact) mass is 2210 g/mol. The molecule has 0 saturated heterocycles. The molecule has 0 radical (unpaired) electrons. The lowest BCUT2D eigenvalue weighted by molar-refractivity contribution is 0.530. The molecule has 0 aromatic rings. The molecule has 0 heterocycles. The van der Waals surface area contributed by atoms with Crippen LogP contribution in [0.15, 0.2) is 0 Å². The molecular weight excluding hydrogens is 2160 g/mol. The van der Waals surface area contributed by atoms with Gasteiger partial charge in [-0.25, -0.2) is 0 Å². The zero-order valence-corrected chi connectivity index (χ0v) is 102. The molecule has 558 valence electrons. The van der Waals surface area contributed by atoms with Crippen molar-refractivity contribution in [1.82, 2.24) is 0 Å². The van der Waals surface area contributed by atoms with E-state index in [9.17, 15) is 178 Å². The Morgan fingerprint density at radius 3 is 0.632 bits per heavy atom. The van der Waals surface area contributed by atoms with E-state index < -0.39 is 352 Å². The van der Waals surface area contributed by atoms with Crippen LogP contribution in [-0.4, -0.2) is 352 Å². The second-order valence-electron chi connectivity index (χ2n) is 23.1. The van der Waals surface area contributed by atoms with E-state index in [-0.39, 0.29) is 24.2 Å². The summed E-state index contributed by atoms with van der Waals surface area (Å²) in [5, 5.41) is 0. The first-order valence-electron chi connectivity index (χ1n) is 29.4. The number of unbranched alkanes of at least 4 members (excludes halogenated alkanes) is 7. The second kappa shape index (κ2) is 49.8. The molecule has 0 aliphatic heterocycles. The molecule has 0 aromatic carbocycles. The van der Waals surface area contributed by atoms with Crippen LogP contribution in [0.4, 0.5) is 0 Å². The van der Waals surface area contributed by atoms with Crippen molar-refractivity contribution in [1.29, 1.82) is 0 Å². The summed E-state index contributed by atoms with van der Waals surface area (Å²) in [6.07, 6.45) is 4.93. The molecule has 0 aliphatic carbocycles. The third-order valence-electron chi connectivity index (χ3n) is 13.5. The molecule has 106 heavy (non-hydrogen) atoms. The Morgan fingerprint density at radius 2 is 0.415 bits per heavy atom. The van der Waals surface area contributed by atoms with Gasteiger partial charge in [0.05, 0.1) is 0 Å². The van der Waals surface area contributed by atoms with E-state index in [0.717, 1.165) is 32.2 Å². The van der Waals surface area contributed by atoms with E-state index in [2.05, 4.69) is 0 Å². The van der Waals surface area contributed by atoms with Crippen LogP contribution in [-0.2, 0) is 187 Å². The maximum Gasteiger partial charge on any atom is 0.381 e. The summed E-state index contributed by atoms with van der Waals surface area (Å²) in [6.45, 7) is 12.3. The van der Waals surface area contributed by atoms with E-state index in [4.69, 9.17) is 8.23 Å². The van der Waals surface area contributed by atoms with Crippen molar-refractivity contribution in [3.05, 3.63) is 0 Å². The van der Waals surface area contributed by atoms with Crippen molar-refractivity contribution in [3.8, 4) is 0 Å². The first-order chi connectivity index (χ1) is 48.5. The highest BCUT2D eigenvalue weighted by Gasteiger charge is 2.60. The molecule has 0 bridgehead atoms. The average Bonchev–Trinajstić information content (AvgIpc) is 0.818. The maximum atomic E-state index is 14.2. The standard InChI is InChI=1S/C19H50O42Si45/c1-9-11-12-13-14-15-16-17-18-106(8,103(59)101(57)99(55)97(53)95(51)93(49)91(47)89(45)82(38)80(36)77(33)75(31)73(29)71(27)69(25)67(23)65(21)62-60-104(3,4)5)61-63-66(22)68(24)70(26)72(28)74(30)76(32)78(34)79(35)81(37)83(39)84(40)85(41)86(42)87(43)88(44)90(46)92(48)94(50)96(52)98(54)100(56)102(58)105(6,7)19-64(20)10-2/h9-19,62-63H2,1-8H3. The Hall–Kier alpha value is 1.68. The molecule has 0 spiro atoms. The van der Waals surface area contributed by atoms with Crippen molar-refractivity contribution in [3.63, 3.8) is 0 Å². The van der Waals surface area contributed by atoms with Crippen LogP contribution in [0.25, 0.3) is 0 Å². The van der Waals surface area contributed by atoms with E-state index in [1.54, 1.807) is 26.6 Å². The van der Waals surface area contributed by atoms with Crippen LogP contribution >= 0.6 is 0 Å². The molecule has 87 heteroatoms. The van der Waals surface area contributed by atoms with Crippen LogP contribution in [0.5, 0.6) is 0 Å². The molecule has 0 aromatic heterocycles. The summed E-state index contributed by atoms with van der Waals surface area (Å²) >= 11 is 0. The summed E-state index contributed by atoms with van der Waals surface area (Å²) in [6, 6.07) is -0.179. The zero-order chi connectivity index (χ0) is 83.2. The number of hydrogen-bond donors (Lipinski definition) is 0. The van der Waals surface area contributed by atoms with Crippen LogP contribution < -0.4 is 0 Å². The molecule has 0 fully saturated rings. The molecule has 0 rings (SSSR count). The summed E-state index contributed by atoms with van der Waals surface area (Å²) in [5.41, 5.74) is -0.118. The van der Waals surface area contributed by atoms with Gasteiger partial charge in [0.2, 0.25) is 26.4 Å². The van der Waals surface area contributed by atoms with Crippen molar-refractivity contribution < 1.29 is 187 Å². The van der Waals surface area contributed by atoms with E-state index >= 15 is 0 Å². The van der Waals surface area contributed by atoms with E-state index in [1.807, 2.05) is 6.92 Å². The lowest BCUT2D eigenvalue weighted by atomic mass is 10.1. The fourth-order valence-electron chi connectivity index (χ4n) is 7.39. The molecule has 0 amide bonds. The molecule has 0 saturated carbocycles. The van der Waals surface area contributed by atoms with Crippen molar-refractivity contribution in [2.24, 2.45) is 0 Å². The van der Waals surface area contributed by atoms with Crippen LogP contribution in [0, 0.1) is 0 Å². The van der Waals surface area contributed by atoms with Gasteiger partial charge in [0.1, 0.15) is 7.59 Å². The Morgan fingerprint density at radius 1 is 0.226 bits per heavy atom. The summed E-state index contributed by atoms with van der Waals surface area (Å²) in [5.74, 6) is 0. The zero-order valence-electron chi connectivity index (χ0n) is 55.8. The molecule has 0 aliphatic rings. The van der Waals surface area contributed by atoms with Gasteiger partial charge in [0, 0.05) is 0 Å². The van der Waals surface area contributed by atoms with Gasteiger partial charge in [0.15, 0.2) is 8.32 Å². The minimum absolute atomic E-state index is 0.0447. The fraction of sp³-hybridized carbons (Fsp3) is 1.00. The number of rotatable bonds is 57. The predicted octanol–water partition coefficient (Wildman–Crippen LogP) is -14.1. The molecular formula is C19H50O42Si45. The minimum Gasteiger partial charge on any atom is -0.457 e. The van der Waals surface area contributed by atoms with Crippen LogP contribution in [0.2, 0.25) is 57.0 Å². The molecule has 1 atom stereocenters. The molecule has 1 unspecified atom stereocenters. The third-order valence-corrected chi connectivity index (χ3v) is 359. The third kappa shape index (κ3) is 31.5. The topological polar surface area (TPSA) is 701 Å².